The van der Waals surface area contributed by atoms with Gasteiger partial charge in [0.1, 0.15) is 0 Å². The molecule has 1 N–H and O–H groups in total. The predicted molar refractivity (Wildman–Crippen MR) is 66.2 cm³/mol. The van der Waals surface area contributed by atoms with Crippen molar-refractivity contribution < 1.29 is 5.11 Å². The van der Waals surface area contributed by atoms with Crippen LogP contribution in [0.15, 0.2) is 53.2 Å². The van der Waals surface area contributed by atoms with Crippen molar-refractivity contribution in [1.29, 1.82) is 0 Å². The minimum Gasteiger partial charge on any atom is -0.396 e. The predicted octanol–water partition coefficient (Wildman–Crippen LogP) is 3.36. The van der Waals surface area contributed by atoms with Crippen molar-refractivity contribution in [3.8, 4) is 0 Å². The SMILES string of the molecule is OCCCc1ccccc1.c1ccsc1. The highest BCUT2D eigenvalue weighted by atomic mass is 32.1. The van der Waals surface area contributed by atoms with Crippen LogP contribution in [0, 0.1) is 0 Å². The second-order valence-corrected chi connectivity index (χ2v) is 3.92. The third-order valence-electron chi connectivity index (χ3n) is 1.89. The van der Waals surface area contributed by atoms with Crippen LogP contribution in [-0.4, -0.2) is 11.7 Å². The monoisotopic (exact) mass is 220 g/mol. The summed E-state index contributed by atoms with van der Waals surface area (Å²) in [4.78, 5) is 0. The van der Waals surface area contributed by atoms with Crippen LogP contribution < -0.4 is 0 Å². The molecule has 0 saturated carbocycles. The molecule has 2 heteroatoms. The van der Waals surface area contributed by atoms with Gasteiger partial charge in [0.05, 0.1) is 0 Å². The Kier molecular flexibility index (Phi) is 6.54. The Bertz CT molecular complexity index is 298. The van der Waals surface area contributed by atoms with Gasteiger partial charge in [0, 0.05) is 6.61 Å². The molecule has 0 saturated heterocycles. The number of aliphatic hydroxyl groups is 1. The van der Waals surface area contributed by atoms with E-state index in [4.69, 9.17) is 5.11 Å². The van der Waals surface area contributed by atoms with Crippen LogP contribution in [0.1, 0.15) is 12.0 Å². The van der Waals surface area contributed by atoms with Gasteiger partial charge in [-0.2, -0.15) is 11.3 Å². The standard InChI is InChI=1S/C9H12O.C4H4S/c10-8-4-7-9-5-2-1-3-6-9;1-2-4-5-3-1/h1-3,5-6,10H,4,7-8H2;1-4H. The van der Waals surface area contributed by atoms with Gasteiger partial charge in [-0.3, -0.25) is 0 Å². The first-order valence-corrected chi connectivity index (χ1v) is 5.99. The lowest BCUT2D eigenvalue weighted by Gasteiger charge is -1.96. The number of hydrogen-bond acceptors (Lipinski definition) is 2. The average Bonchev–Trinajstić information content (AvgIpc) is 2.86. The van der Waals surface area contributed by atoms with Gasteiger partial charge in [0.25, 0.3) is 0 Å². The maximum absolute atomic E-state index is 8.53. The van der Waals surface area contributed by atoms with Crippen molar-refractivity contribution in [1.82, 2.24) is 0 Å². The summed E-state index contributed by atoms with van der Waals surface area (Å²) in [6.07, 6.45) is 1.85. The molecule has 80 valence electrons. The third-order valence-corrected chi connectivity index (χ3v) is 2.52. The molecule has 0 atom stereocenters. The molecule has 1 aromatic carbocycles. The van der Waals surface area contributed by atoms with Gasteiger partial charge in [-0.1, -0.05) is 42.5 Å². The second kappa shape index (κ2) is 8.21. The Hall–Kier alpha value is -1.12. The minimum absolute atomic E-state index is 0.287. The molecule has 1 nitrogen and oxygen atoms in total. The summed E-state index contributed by atoms with van der Waals surface area (Å²) in [5.41, 5.74) is 1.30. The van der Waals surface area contributed by atoms with Gasteiger partial charge in [-0.25, -0.2) is 0 Å². The molecule has 0 spiro atoms. The largest absolute Gasteiger partial charge is 0.396 e. The molecule has 0 fully saturated rings. The Balaban J connectivity index is 0.000000187. The highest BCUT2D eigenvalue weighted by Crippen LogP contribution is 2.00. The van der Waals surface area contributed by atoms with E-state index < -0.39 is 0 Å². The van der Waals surface area contributed by atoms with E-state index in [0.717, 1.165) is 12.8 Å². The molecular formula is C13H16OS. The van der Waals surface area contributed by atoms with Crippen molar-refractivity contribution in [2.24, 2.45) is 0 Å². The molecule has 0 bridgehead atoms. The Labute approximate surface area is 95.0 Å². The lowest BCUT2D eigenvalue weighted by Crippen LogP contribution is -1.87. The van der Waals surface area contributed by atoms with Gasteiger partial charge in [-0.15, -0.1) is 0 Å². The molecule has 0 aliphatic rings. The third kappa shape index (κ3) is 6.05. The molecule has 1 heterocycles. The second-order valence-electron chi connectivity index (χ2n) is 3.11. The summed E-state index contributed by atoms with van der Waals surface area (Å²) >= 11 is 1.71. The van der Waals surface area contributed by atoms with Crippen LogP contribution in [0.3, 0.4) is 0 Å². The van der Waals surface area contributed by atoms with Crippen LogP contribution in [0.25, 0.3) is 0 Å². The van der Waals surface area contributed by atoms with E-state index in [0.29, 0.717) is 0 Å². The van der Waals surface area contributed by atoms with E-state index in [1.54, 1.807) is 11.3 Å². The summed E-state index contributed by atoms with van der Waals surface area (Å²) in [5.74, 6) is 0. The average molecular weight is 220 g/mol. The van der Waals surface area contributed by atoms with Crippen molar-refractivity contribution in [2.45, 2.75) is 12.8 Å². The lowest BCUT2D eigenvalue weighted by atomic mass is 10.1. The number of aliphatic hydroxyl groups excluding tert-OH is 1. The fourth-order valence-corrected chi connectivity index (χ4v) is 1.61. The van der Waals surface area contributed by atoms with Gasteiger partial charge >= 0.3 is 0 Å². The summed E-state index contributed by atoms with van der Waals surface area (Å²) in [7, 11) is 0. The van der Waals surface area contributed by atoms with Crippen LogP contribution in [0.4, 0.5) is 0 Å². The molecule has 0 aliphatic carbocycles. The van der Waals surface area contributed by atoms with Crippen LogP contribution in [0.2, 0.25) is 0 Å². The Morgan fingerprint density at radius 1 is 0.933 bits per heavy atom. The Morgan fingerprint density at radius 3 is 2.07 bits per heavy atom. The Morgan fingerprint density at radius 2 is 1.60 bits per heavy atom. The summed E-state index contributed by atoms with van der Waals surface area (Å²) in [6.45, 7) is 0.287. The van der Waals surface area contributed by atoms with Crippen LogP contribution in [-0.2, 0) is 6.42 Å². The molecule has 1 aromatic heterocycles. The fraction of sp³-hybridized carbons (Fsp3) is 0.231. The highest BCUT2D eigenvalue weighted by molar-refractivity contribution is 7.07. The summed E-state index contributed by atoms with van der Waals surface area (Å²) in [5, 5.41) is 12.6. The zero-order valence-corrected chi connectivity index (χ0v) is 9.49. The topological polar surface area (TPSA) is 20.2 Å². The number of rotatable bonds is 3. The van der Waals surface area contributed by atoms with Crippen LogP contribution in [0.5, 0.6) is 0 Å². The zero-order valence-electron chi connectivity index (χ0n) is 8.67. The van der Waals surface area contributed by atoms with Crippen molar-refractivity contribution in [2.75, 3.05) is 6.61 Å². The normalized spacial score (nSPS) is 9.13. The lowest BCUT2D eigenvalue weighted by molar-refractivity contribution is 0.288. The number of thiophene rings is 1. The number of benzene rings is 1. The molecule has 0 amide bonds. The minimum atomic E-state index is 0.287. The maximum atomic E-state index is 8.53. The van der Waals surface area contributed by atoms with Crippen LogP contribution >= 0.6 is 11.3 Å². The fourth-order valence-electron chi connectivity index (χ4n) is 1.15. The highest BCUT2D eigenvalue weighted by Gasteiger charge is 1.88. The quantitative estimate of drug-likeness (QED) is 0.841. The smallest absolute Gasteiger partial charge is 0.0434 e. The van der Waals surface area contributed by atoms with Crippen molar-refractivity contribution in [3.63, 3.8) is 0 Å². The van der Waals surface area contributed by atoms with Gasteiger partial charge < -0.3 is 5.11 Å². The van der Waals surface area contributed by atoms with E-state index in [1.807, 2.05) is 41.1 Å². The molecule has 0 unspecified atom stereocenters. The maximum Gasteiger partial charge on any atom is 0.0434 e. The first-order chi connectivity index (χ1) is 7.43. The molecule has 0 radical (unpaired) electrons. The van der Waals surface area contributed by atoms with Gasteiger partial charge in [-0.05, 0) is 29.2 Å². The number of aryl methyl sites for hydroxylation is 1. The molecule has 2 rings (SSSR count). The van der Waals surface area contributed by atoms with E-state index in [2.05, 4.69) is 12.1 Å². The zero-order chi connectivity index (χ0) is 10.8. The summed E-state index contributed by atoms with van der Waals surface area (Å²) < 4.78 is 0. The molecule has 0 aliphatic heterocycles. The first-order valence-electron chi connectivity index (χ1n) is 5.05. The van der Waals surface area contributed by atoms with Gasteiger partial charge in [0.2, 0.25) is 0 Å². The van der Waals surface area contributed by atoms with E-state index >= 15 is 0 Å². The molecule has 2 aromatic rings. The van der Waals surface area contributed by atoms with E-state index in [1.165, 1.54) is 5.56 Å². The first kappa shape index (κ1) is 12.0. The van der Waals surface area contributed by atoms with Crippen molar-refractivity contribution in [3.05, 3.63) is 58.8 Å². The molecule has 15 heavy (non-hydrogen) atoms. The van der Waals surface area contributed by atoms with E-state index in [-0.39, 0.29) is 6.61 Å². The van der Waals surface area contributed by atoms with Crippen molar-refractivity contribution >= 4 is 11.3 Å². The molecular weight excluding hydrogens is 204 g/mol. The van der Waals surface area contributed by atoms with Gasteiger partial charge in [0.15, 0.2) is 0 Å². The summed E-state index contributed by atoms with van der Waals surface area (Å²) in [6, 6.07) is 14.2. The van der Waals surface area contributed by atoms with E-state index in [9.17, 15) is 0 Å². The number of hydrogen-bond donors (Lipinski definition) is 1.